The Labute approximate surface area is 148 Å². The summed E-state index contributed by atoms with van der Waals surface area (Å²) in [5.41, 5.74) is 0.619. The van der Waals surface area contributed by atoms with Crippen LogP contribution in [0.4, 0.5) is 17.6 Å². The minimum absolute atomic E-state index is 0.0122. The lowest BCUT2D eigenvalue weighted by Crippen LogP contribution is -2.34. The van der Waals surface area contributed by atoms with E-state index in [1.54, 1.807) is 4.68 Å². The van der Waals surface area contributed by atoms with Crippen LogP contribution >= 0.6 is 0 Å². The number of fused-ring (bicyclic) bond motifs is 1. The van der Waals surface area contributed by atoms with Crippen LogP contribution in [-0.4, -0.2) is 26.3 Å². The Morgan fingerprint density at radius 2 is 1.96 bits per heavy atom. The van der Waals surface area contributed by atoms with Crippen LogP contribution < -0.4 is 0 Å². The van der Waals surface area contributed by atoms with Gasteiger partial charge in [-0.05, 0) is 48.6 Å². The van der Waals surface area contributed by atoms with E-state index in [1.165, 1.54) is 0 Å². The lowest BCUT2D eigenvalue weighted by atomic mass is 10.1. The van der Waals surface area contributed by atoms with Crippen LogP contribution in [0.1, 0.15) is 41.5 Å². The lowest BCUT2D eigenvalue weighted by Gasteiger charge is -2.28. The van der Waals surface area contributed by atoms with Gasteiger partial charge < -0.3 is 5.11 Å². The summed E-state index contributed by atoms with van der Waals surface area (Å²) in [6.45, 7) is 1.47. The SMILES string of the molecule is O[C@H](c1cc2n(n1)CCN(Cc1cc(F)ccc1C(F)(F)F)C2)C1CC1. The molecule has 1 N–H and O–H groups in total. The van der Waals surface area contributed by atoms with E-state index >= 15 is 0 Å². The third kappa shape index (κ3) is 3.48. The van der Waals surface area contributed by atoms with Crippen LogP contribution in [0.15, 0.2) is 24.3 Å². The maximum Gasteiger partial charge on any atom is 0.416 e. The molecule has 1 aromatic carbocycles. The van der Waals surface area contributed by atoms with Gasteiger partial charge in [-0.3, -0.25) is 9.58 Å². The van der Waals surface area contributed by atoms with Gasteiger partial charge in [-0.1, -0.05) is 0 Å². The normalized spacial score (nSPS) is 19.4. The highest BCUT2D eigenvalue weighted by molar-refractivity contribution is 5.30. The molecule has 0 unspecified atom stereocenters. The highest BCUT2D eigenvalue weighted by Gasteiger charge is 2.35. The number of benzene rings is 1. The maximum atomic E-state index is 13.5. The highest BCUT2D eigenvalue weighted by Crippen LogP contribution is 2.40. The van der Waals surface area contributed by atoms with Crippen LogP contribution in [0.25, 0.3) is 0 Å². The van der Waals surface area contributed by atoms with Gasteiger partial charge in [-0.2, -0.15) is 18.3 Å². The molecule has 4 rings (SSSR count). The molecule has 0 spiro atoms. The molecule has 140 valence electrons. The Bertz CT molecular complexity index is 813. The second-order valence-electron chi connectivity index (χ2n) is 7.08. The Balaban J connectivity index is 1.52. The van der Waals surface area contributed by atoms with E-state index in [0.717, 1.165) is 36.7 Å². The molecule has 1 saturated carbocycles. The average Bonchev–Trinajstić information content (AvgIpc) is 3.32. The molecule has 0 bridgehead atoms. The fourth-order valence-corrected chi connectivity index (χ4v) is 3.49. The number of halogens is 4. The Kier molecular flexibility index (Phi) is 4.27. The summed E-state index contributed by atoms with van der Waals surface area (Å²) >= 11 is 0. The van der Waals surface area contributed by atoms with Crippen molar-refractivity contribution in [3.05, 3.63) is 52.6 Å². The van der Waals surface area contributed by atoms with Gasteiger partial charge in [0.05, 0.1) is 23.5 Å². The van der Waals surface area contributed by atoms with Crippen molar-refractivity contribution in [2.75, 3.05) is 6.54 Å². The van der Waals surface area contributed by atoms with Crippen LogP contribution in [0.3, 0.4) is 0 Å². The van der Waals surface area contributed by atoms with Crippen molar-refractivity contribution in [3.63, 3.8) is 0 Å². The molecule has 0 saturated heterocycles. The van der Waals surface area contributed by atoms with Gasteiger partial charge in [0, 0.05) is 19.6 Å². The van der Waals surface area contributed by atoms with E-state index in [1.807, 2.05) is 11.0 Å². The first kappa shape index (κ1) is 17.5. The summed E-state index contributed by atoms with van der Waals surface area (Å²) in [6.07, 6.45) is -3.09. The zero-order chi connectivity index (χ0) is 18.5. The number of aliphatic hydroxyl groups is 1. The zero-order valence-electron chi connectivity index (χ0n) is 14.0. The van der Waals surface area contributed by atoms with E-state index in [-0.39, 0.29) is 18.0 Å². The van der Waals surface area contributed by atoms with Gasteiger partial charge in [0.15, 0.2) is 0 Å². The van der Waals surface area contributed by atoms with E-state index in [0.29, 0.717) is 25.3 Å². The van der Waals surface area contributed by atoms with Crippen molar-refractivity contribution >= 4 is 0 Å². The molecule has 1 aromatic heterocycles. The molecule has 2 aromatic rings. The summed E-state index contributed by atoms with van der Waals surface area (Å²) in [4.78, 5) is 1.84. The lowest BCUT2D eigenvalue weighted by molar-refractivity contribution is -0.138. The van der Waals surface area contributed by atoms with Gasteiger partial charge in [0.2, 0.25) is 0 Å². The average molecular weight is 369 g/mol. The molecule has 8 heteroatoms. The van der Waals surface area contributed by atoms with Gasteiger partial charge in [0.1, 0.15) is 11.9 Å². The molecule has 0 amide bonds. The van der Waals surface area contributed by atoms with Crippen LogP contribution in [0.5, 0.6) is 0 Å². The molecule has 0 radical (unpaired) electrons. The first-order valence-electron chi connectivity index (χ1n) is 8.64. The smallest absolute Gasteiger partial charge is 0.386 e. The predicted octanol–water partition coefficient (Wildman–Crippen LogP) is 3.50. The minimum atomic E-state index is -4.51. The summed E-state index contributed by atoms with van der Waals surface area (Å²) in [5.74, 6) is -0.408. The van der Waals surface area contributed by atoms with Crippen molar-refractivity contribution in [1.29, 1.82) is 0 Å². The molecule has 1 aliphatic heterocycles. The Morgan fingerprint density at radius 1 is 1.19 bits per heavy atom. The van der Waals surface area contributed by atoms with Gasteiger partial charge in [0.25, 0.3) is 0 Å². The van der Waals surface area contributed by atoms with E-state index in [2.05, 4.69) is 5.10 Å². The number of hydrogen-bond donors (Lipinski definition) is 1. The van der Waals surface area contributed by atoms with Crippen molar-refractivity contribution in [3.8, 4) is 0 Å². The molecular formula is C18H19F4N3O. The van der Waals surface area contributed by atoms with Gasteiger partial charge >= 0.3 is 6.18 Å². The minimum Gasteiger partial charge on any atom is -0.386 e. The van der Waals surface area contributed by atoms with E-state index in [9.17, 15) is 22.7 Å². The second-order valence-corrected chi connectivity index (χ2v) is 7.08. The van der Waals surface area contributed by atoms with Crippen LogP contribution in [0, 0.1) is 11.7 Å². The number of alkyl halides is 3. The molecule has 2 heterocycles. The fraction of sp³-hybridized carbons (Fsp3) is 0.500. The maximum absolute atomic E-state index is 13.5. The van der Waals surface area contributed by atoms with Crippen LogP contribution in [0.2, 0.25) is 0 Å². The van der Waals surface area contributed by atoms with Gasteiger partial charge in [-0.25, -0.2) is 4.39 Å². The third-order valence-electron chi connectivity index (χ3n) is 5.03. The van der Waals surface area contributed by atoms with Crippen molar-refractivity contribution < 1.29 is 22.7 Å². The molecule has 1 atom stereocenters. The van der Waals surface area contributed by atoms with Crippen LogP contribution in [-0.2, 0) is 25.8 Å². The molecule has 1 aliphatic carbocycles. The number of aliphatic hydroxyl groups excluding tert-OH is 1. The molecule has 26 heavy (non-hydrogen) atoms. The number of rotatable bonds is 4. The summed E-state index contributed by atoms with van der Waals surface area (Å²) < 4.78 is 54.8. The topological polar surface area (TPSA) is 41.3 Å². The fourth-order valence-electron chi connectivity index (χ4n) is 3.49. The largest absolute Gasteiger partial charge is 0.416 e. The van der Waals surface area contributed by atoms with Crippen molar-refractivity contribution in [2.24, 2.45) is 5.92 Å². The quantitative estimate of drug-likeness (QED) is 0.839. The predicted molar refractivity (Wildman–Crippen MR) is 85.4 cm³/mol. The molecular weight excluding hydrogens is 350 g/mol. The third-order valence-corrected chi connectivity index (χ3v) is 5.03. The summed E-state index contributed by atoms with van der Waals surface area (Å²) in [7, 11) is 0. The number of aromatic nitrogens is 2. The van der Waals surface area contributed by atoms with E-state index in [4.69, 9.17) is 0 Å². The number of nitrogens with zero attached hydrogens (tertiary/aromatic N) is 3. The monoisotopic (exact) mass is 369 g/mol. The second kappa shape index (κ2) is 6.35. The van der Waals surface area contributed by atoms with Crippen molar-refractivity contribution in [1.82, 2.24) is 14.7 Å². The highest BCUT2D eigenvalue weighted by atomic mass is 19.4. The first-order chi connectivity index (χ1) is 12.3. The number of hydrogen-bond acceptors (Lipinski definition) is 3. The standard InChI is InChI=1S/C18H19F4N3O/c19-13-3-4-15(18(20,21)22)12(7-13)9-24-5-6-25-14(10-24)8-16(23-25)17(26)11-1-2-11/h3-4,7-8,11,17,26H,1-2,5-6,9-10H2/t17-/m0/s1. The summed E-state index contributed by atoms with van der Waals surface area (Å²) in [6, 6.07) is 4.41. The molecule has 1 fully saturated rings. The van der Waals surface area contributed by atoms with E-state index < -0.39 is 23.7 Å². The Hall–Kier alpha value is -1.93. The van der Waals surface area contributed by atoms with Gasteiger partial charge in [-0.15, -0.1) is 0 Å². The van der Waals surface area contributed by atoms with Crippen molar-refractivity contribution in [2.45, 2.75) is 44.8 Å². The first-order valence-corrected chi connectivity index (χ1v) is 8.64. The molecule has 2 aliphatic rings. The molecule has 4 nitrogen and oxygen atoms in total. The summed E-state index contributed by atoms with van der Waals surface area (Å²) in [5, 5.41) is 14.6. The Morgan fingerprint density at radius 3 is 2.65 bits per heavy atom. The zero-order valence-corrected chi connectivity index (χ0v) is 14.0.